The van der Waals surface area contributed by atoms with E-state index in [2.05, 4.69) is 51.0 Å². The topological polar surface area (TPSA) is 34.9 Å². The average Bonchev–Trinajstić information content (AvgIpc) is 2.69. The van der Waals surface area contributed by atoms with Gasteiger partial charge in [-0.25, -0.2) is 0 Å². The lowest BCUT2D eigenvalue weighted by Crippen LogP contribution is -2.11. The Balaban J connectivity index is 2.58. The monoisotopic (exact) mass is 256 g/mol. The first-order chi connectivity index (χ1) is 8.84. The number of benzene rings is 1. The van der Waals surface area contributed by atoms with Crippen LogP contribution in [0.25, 0.3) is 11.3 Å². The lowest BCUT2D eigenvalue weighted by molar-refractivity contribution is 0.112. The summed E-state index contributed by atoms with van der Waals surface area (Å²) in [5.74, 6) is 0. The van der Waals surface area contributed by atoms with Crippen molar-refractivity contribution in [2.75, 3.05) is 0 Å². The fourth-order valence-electron chi connectivity index (χ4n) is 2.27. The third kappa shape index (κ3) is 2.46. The summed E-state index contributed by atoms with van der Waals surface area (Å²) >= 11 is 0. The Morgan fingerprint density at radius 2 is 1.95 bits per heavy atom. The number of aldehydes is 1. The predicted octanol–water partition coefficient (Wildman–Crippen LogP) is 3.51. The highest BCUT2D eigenvalue weighted by Crippen LogP contribution is 2.30. The van der Waals surface area contributed by atoms with Gasteiger partial charge in [0.15, 0.2) is 6.29 Å². The highest BCUT2D eigenvalue weighted by atomic mass is 16.1. The van der Waals surface area contributed by atoms with E-state index < -0.39 is 0 Å². The van der Waals surface area contributed by atoms with Gasteiger partial charge in [0.25, 0.3) is 0 Å². The smallest absolute Gasteiger partial charge is 0.153 e. The first kappa shape index (κ1) is 13.5. The van der Waals surface area contributed by atoms with Gasteiger partial charge in [0, 0.05) is 12.6 Å². The van der Waals surface area contributed by atoms with Gasteiger partial charge in [-0.3, -0.25) is 9.48 Å². The van der Waals surface area contributed by atoms with Gasteiger partial charge in [0.05, 0.1) is 17.5 Å². The number of hydrogen-bond donors (Lipinski definition) is 0. The molecule has 0 saturated heterocycles. The molecule has 0 saturated carbocycles. The lowest BCUT2D eigenvalue weighted by atomic mass is 9.85. The van der Waals surface area contributed by atoms with Crippen LogP contribution in [0.2, 0.25) is 0 Å². The molecule has 1 heterocycles. The fourth-order valence-corrected chi connectivity index (χ4v) is 2.27. The van der Waals surface area contributed by atoms with Crippen LogP contribution in [-0.2, 0) is 12.5 Å². The second-order valence-electron chi connectivity index (χ2n) is 5.97. The van der Waals surface area contributed by atoms with Crippen molar-refractivity contribution in [1.29, 1.82) is 0 Å². The molecule has 19 heavy (non-hydrogen) atoms. The number of aryl methyl sites for hydroxylation is 2. The molecule has 0 amide bonds. The van der Waals surface area contributed by atoms with Gasteiger partial charge in [-0.1, -0.05) is 39.0 Å². The van der Waals surface area contributed by atoms with Crippen LogP contribution in [0.4, 0.5) is 0 Å². The molecule has 0 N–H and O–H groups in total. The molecule has 2 rings (SSSR count). The summed E-state index contributed by atoms with van der Waals surface area (Å²) in [6.45, 7) is 8.67. The van der Waals surface area contributed by atoms with Crippen molar-refractivity contribution < 1.29 is 4.79 Å². The fraction of sp³-hybridized carbons (Fsp3) is 0.375. The Kier molecular flexibility index (Phi) is 3.31. The third-order valence-electron chi connectivity index (χ3n) is 3.44. The second kappa shape index (κ2) is 4.65. The van der Waals surface area contributed by atoms with Crippen molar-refractivity contribution in [3.63, 3.8) is 0 Å². The van der Waals surface area contributed by atoms with Crippen molar-refractivity contribution in [3.8, 4) is 11.3 Å². The van der Waals surface area contributed by atoms with E-state index in [1.165, 1.54) is 11.1 Å². The Hall–Kier alpha value is -1.90. The van der Waals surface area contributed by atoms with E-state index in [1.54, 1.807) is 10.9 Å². The van der Waals surface area contributed by atoms with Gasteiger partial charge >= 0.3 is 0 Å². The summed E-state index contributed by atoms with van der Waals surface area (Å²) in [4.78, 5) is 11.1. The molecule has 0 spiro atoms. The Labute approximate surface area is 114 Å². The Morgan fingerprint density at radius 3 is 2.47 bits per heavy atom. The maximum Gasteiger partial charge on any atom is 0.153 e. The third-order valence-corrected chi connectivity index (χ3v) is 3.44. The summed E-state index contributed by atoms with van der Waals surface area (Å²) in [6.07, 6.45) is 2.47. The van der Waals surface area contributed by atoms with Crippen LogP contribution in [0.1, 0.15) is 42.3 Å². The van der Waals surface area contributed by atoms with Gasteiger partial charge in [-0.2, -0.15) is 5.10 Å². The van der Waals surface area contributed by atoms with Crippen LogP contribution in [0, 0.1) is 6.92 Å². The SMILES string of the molecule is Cc1cc(C(C)(C)C)ccc1-c1c(C=O)cnn1C. The number of rotatable bonds is 2. The minimum Gasteiger partial charge on any atom is -0.298 e. The minimum absolute atomic E-state index is 0.128. The van der Waals surface area contributed by atoms with E-state index in [4.69, 9.17) is 0 Å². The van der Waals surface area contributed by atoms with Gasteiger partial charge in [0.1, 0.15) is 0 Å². The summed E-state index contributed by atoms with van der Waals surface area (Å²) in [5, 5.41) is 4.16. The molecule has 0 radical (unpaired) electrons. The van der Waals surface area contributed by atoms with E-state index in [0.29, 0.717) is 5.56 Å². The maximum atomic E-state index is 11.1. The zero-order chi connectivity index (χ0) is 14.2. The Bertz CT molecular complexity index is 618. The lowest BCUT2D eigenvalue weighted by Gasteiger charge is -2.20. The van der Waals surface area contributed by atoms with Crippen molar-refractivity contribution in [1.82, 2.24) is 9.78 Å². The normalized spacial score (nSPS) is 11.6. The van der Waals surface area contributed by atoms with Gasteiger partial charge < -0.3 is 0 Å². The molecule has 3 heteroatoms. The second-order valence-corrected chi connectivity index (χ2v) is 5.97. The summed E-state index contributed by atoms with van der Waals surface area (Å²) in [5.41, 5.74) is 5.17. The molecular weight excluding hydrogens is 236 g/mol. The van der Waals surface area contributed by atoms with Crippen LogP contribution in [0.15, 0.2) is 24.4 Å². The quantitative estimate of drug-likeness (QED) is 0.771. The predicted molar refractivity (Wildman–Crippen MR) is 77.5 cm³/mol. The first-order valence-electron chi connectivity index (χ1n) is 6.43. The molecule has 0 aliphatic carbocycles. The molecule has 0 unspecified atom stereocenters. The van der Waals surface area contributed by atoms with Crippen molar-refractivity contribution in [2.45, 2.75) is 33.1 Å². The zero-order valence-electron chi connectivity index (χ0n) is 12.2. The minimum atomic E-state index is 0.128. The molecule has 0 aliphatic heterocycles. The molecule has 0 aliphatic rings. The first-order valence-corrected chi connectivity index (χ1v) is 6.43. The van der Waals surface area contributed by atoms with Gasteiger partial charge in [0.2, 0.25) is 0 Å². The van der Waals surface area contributed by atoms with Crippen LogP contribution in [0.3, 0.4) is 0 Å². The van der Waals surface area contributed by atoms with Crippen molar-refractivity contribution in [3.05, 3.63) is 41.1 Å². The number of nitrogens with zero attached hydrogens (tertiary/aromatic N) is 2. The highest BCUT2D eigenvalue weighted by molar-refractivity contribution is 5.86. The Morgan fingerprint density at radius 1 is 1.26 bits per heavy atom. The van der Waals surface area contributed by atoms with E-state index in [-0.39, 0.29) is 5.41 Å². The highest BCUT2D eigenvalue weighted by Gasteiger charge is 2.17. The number of carbonyl (C=O) groups is 1. The zero-order valence-corrected chi connectivity index (χ0v) is 12.2. The van der Waals surface area contributed by atoms with E-state index >= 15 is 0 Å². The molecule has 0 atom stereocenters. The summed E-state index contributed by atoms with van der Waals surface area (Å²) < 4.78 is 1.75. The molecule has 0 bridgehead atoms. The van der Waals surface area contributed by atoms with E-state index in [0.717, 1.165) is 17.5 Å². The molecule has 2 aromatic rings. The number of aromatic nitrogens is 2. The van der Waals surface area contributed by atoms with Crippen LogP contribution in [-0.4, -0.2) is 16.1 Å². The van der Waals surface area contributed by atoms with Gasteiger partial charge in [-0.05, 0) is 23.5 Å². The summed E-state index contributed by atoms with van der Waals surface area (Å²) in [7, 11) is 1.86. The standard InChI is InChI=1S/C16H20N2O/c1-11-8-13(16(2,3)4)6-7-14(11)15-12(10-19)9-17-18(15)5/h6-10H,1-5H3. The molecule has 3 nitrogen and oxygen atoms in total. The van der Waals surface area contributed by atoms with E-state index in [1.807, 2.05) is 7.05 Å². The molecule has 100 valence electrons. The van der Waals surface area contributed by atoms with Crippen LogP contribution >= 0.6 is 0 Å². The average molecular weight is 256 g/mol. The molecular formula is C16H20N2O. The van der Waals surface area contributed by atoms with Crippen LogP contribution in [0.5, 0.6) is 0 Å². The largest absolute Gasteiger partial charge is 0.298 e. The maximum absolute atomic E-state index is 11.1. The molecule has 0 fully saturated rings. The van der Waals surface area contributed by atoms with Crippen LogP contribution < -0.4 is 0 Å². The number of hydrogen-bond acceptors (Lipinski definition) is 2. The molecule has 1 aromatic heterocycles. The number of carbonyl (C=O) groups excluding carboxylic acids is 1. The summed E-state index contributed by atoms with van der Waals surface area (Å²) in [6, 6.07) is 6.40. The van der Waals surface area contributed by atoms with Crippen molar-refractivity contribution in [2.24, 2.45) is 7.05 Å². The van der Waals surface area contributed by atoms with E-state index in [9.17, 15) is 4.79 Å². The van der Waals surface area contributed by atoms with Crippen molar-refractivity contribution >= 4 is 6.29 Å². The molecule has 1 aromatic carbocycles. The van der Waals surface area contributed by atoms with Gasteiger partial charge in [-0.15, -0.1) is 0 Å².